The number of aromatic nitrogens is 2. The minimum atomic E-state index is -0.874. The Balaban J connectivity index is 1.89. The van der Waals surface area contributed by atoms with Crippen molar-refractivity contribution in [2.24, 2.45) is 0 Å². The van der Waals surface area contributed by atoms with Gasteiger partial charge in [-0.1, -0.05) is 0 Å². The molecule has 0 atom stereocenters. The molecule has 2 aromatic rings. The molecule has 25 heavy (non-hydrogen) atoms. The zero-order valence-electron chi connectivity index (χ0n) is 15.7. The van der Waals surface area contributed by atoms with Gasteiger partial charge in [-0.05, 0) is 0 Å². The molecule has 0 bridgehead atoms. The molecule has 0 radical (unpaired) electrons. The Bertz CT molecular complexity index is 533. The number of hydrogen-bond donors (Lipinski definition) is 0. The van der Waals surface area contributed by atoms with Crippen molar-refractivity contribution >= 4 is 22.2 Å². The van der Waals surface area contributed by atoms with Crippen LogP contribution in [0.5, 0.6) is 0 Å². The van der Waals surface area contributed by atoms with Crippen LogP contribution in [0.2, 0.25) is 10.6 Å². The fourth-order valence-electron chi connectivity index (χ4n) is 2.87. The molecule has 0 saturated heterocycles. The summed E-state index contributed by atoms with van der Waals surface area (Å²) < 4.78 is 0. The van der Waals surface area contributed by atoms with E-state index in [0.717, 1.165) is 15.0 Å². The molecule has 0 saturated carbocycles. The molecule has 0 fully saturated rings. The molecule has 2 aromatic heterocycles. The summed E-state index contributed by atoms with van der Waals surface area (Å²) in [5.74, 6) is 0. The molecular formula is C21H32N2PSe+. The SMILES string of the molecule is CCCC[Se]CC[P+](C)(CCc1ccncc1)CCc1ccncc1. The van der Waals surface area contributed by atoms with Gasteiger partial charge in [0.25, 0.3) is 0 Å². The van der Waals surface area contributed by atoms with Crippen LogP contribution in [0.1, 0.15) is 30.9 Å². The van der Waals surface area contributed by atoms with E-state index in [1.54, 1.807) is 0 Å². The summed E-state index contributed by atoms with van der Waals surface area (Å²) in [6, 6.07) is 8.72. The second kappa shape index (κ2) is 11.8. The monoisotopic (exact) mass is 423 g/mol. The minimum absolute atomic E-state index is 0.852. The van der Waals surface area contributed by atoms with Gasteiger partial charge in [0.2, 0.25) is 0 Å². The first-order valence-electron chi connectivity index (χ1n) is 9.41. The van der Waals surface area contributed by atoms with Crippen LogP contribution in [0.15, 0.2) is 49.1 Å². The Morgan fingerprint density at radius 2 is 1.32 bits per heavy atom. The van der Waals surface area contributed by atoms with Gasteiger partial charge < -0.3 is 0 Å². The first kappa shape index (κ1) is 20.6. The molecule has 136 valence electrons. The molecule has 2 nitrogen and oxygen atoms in total. The van der Waals surface area contributed by atoms with E-state index in [0.29, 0.717) is 0 Å². The van der Waals surface area contributed by atoms with Crippen LogP contribution >= 0.6 is 7.26 Å². The average molecular weight is 422 g/mol. The topological polar surface area (TPSA) is 25.8 Å². The quantitative estimate of drug-likeness (QED) is 0.265. The molecule has 0 N–H and O–H groups in total. The zero-order chi connectivity index (χ0) is 17.8. The number of pyridine rings is 2. The van der Waals surface area contributed by atoms with E-state index in [4.69, 9.17) is 0 Å². The van der Waals surface area contributed by atoms with Crippen molar-refractivity contribution < 1.29 is 0 Å². The van der Waals surface area contributed by atoms with Gasteiger partial charge in [-0.15, -0.1) is 0 Å². The maximum absolute atomic E-state index is 4.15. The van der Waals surface area contributed by atoms with Crippen LogP contribution in [0, 0.1) is 0 Å². The molecule has 0 aliphatic carbocycles. The molecule has 0 aromatic carbocycles. The van der Waals surface area contributed by atoms with E-state index < -0.39 is 7.26 Å². The third-order valence-corrected chi connectivity index (χ3v) is 11.6. The zero-order valence-corrected chi connectivity index (χ0v) is 18.3. The van der Waals surface area contributed by atoms with E-state index in [2.05, 4.69) is 47.8 Å². The summed E-state index contributed by atoms with van der Waals surface area (Å²) in [5.41, 5.74) is 2.89. The standard InChI is InChI=1S/C21H32N2PSe/c1-3-4-18-25-19-17-24(2,15-9-20-5-11-22-12-6-20)16-10-21-7-13-23-14-8-21/h5-8,11-14H,3-4,9-10,15-19H2,1-2H3/q+1. The van der Waals surface area contributed by atoms with Crippen molar-refractivity contribution in [1.82, 2.24) is 9.97 Å². The van der Waals surface area contributed by atoms with Gasteiger partial charge in [0.05, 0.1) is 0 Å². The summed E-state index contributed by atoms with van der Waals surface area (Å²) in [6.45, 7) is 4.92. The molecule has 0 aliphatic heterocycles. The Morgan fingerprint density at radius 3 is 1.80 bits per heavy atom. The number of rotatable bonds is 12. The van der Waals surface area contributed by atoms with Crippen molar-refractivity contribution in [1.29, 1.82) is 0 Å². The van der Waals surface area contributed by atoms with Gasteiger partial charge in [-0.25, -0.2) is 0 Å². The van der Waals surface area contributed by atoms with Gasteiger partial charge in [-0.2, -0.15) is 0 Å². The average Bonchev–Trinajstić information content (AvgIpc) is 2.67. The van der Waals surface area contributed by atoms with Crippen LogP contribution in [0.4, 0.5) is 0 Å². The van der Waals surface area contributed by atoms with E-state index in [9.17, 15) is 0 Å². The third kappa shape index (κ3) is 8.45. The fraction of sp³-hybridized carbons (Fsp3) is 0.524. The van der Waals surface area contributed by atoms with Crippen molar-refractivity contribution in [2.45, 2.75) is 43.2 Å². The Morgan fingerprint density at radius 1 is 0.800 bits per heavy atom. The molecule has 4 heteroatoms. The van der Waals surface area contributed by atoms with Crippen LogP contribution < -0.4 is 0 Å². The second-order valence-electron chi connectivity index (χ2n) is 6.97. The molecule has 0 spiro atoms. The molecule has 0 aliphatic rings. The summed E-state index contributed by atoms with van der Waals surface area (Å²) in [7, 11) is -0.874. The van der Waals surface area contributed by atoms with Gasteiger partial charge in [0.15, 0.2) is 0 Å². The van der Waals surface area contributed by atoms with E-state index in [-0.39, 0.29) is 0 Å². The van der Waals surface area contributed by atoms with Crippen LogP contribution in [-0.2, 0) is 12.8 Å². The number of unbranched alkanes of at least 4 members (excludes halogenated alkanes) is 1. The van der Waals surface area contributed by atoms with Crippen molar-refractivity contribution in [3.05, 3.63) is 60.2 Å². The summed E-state index contributed by atoms with van der Waals surface area (Å²) in [6.07, 6.45) is 17.1. The van der Waals surface area contributed by atoms with Crippen molar-refractivity contribution in [3.8, 4) is 0 Å². The van der Waals surface area contributed by atoms with Crippen LogP contribution in [0.3, 0.4) is 0 Å². The second-order valence-corrected chi connectivity index (χ2v) is 14.1. The predicted molar refractivity (Wildman–Crippen MR) is 114 cm³/mol. The number of aryl methyl sites for hydroxylation is 2. The fourth-order valence-corrected chi connectivity index (χ4v) is 10.8. The molecule has 0 amide bonds. The first-order chi connectivity index (χ1) is 12.2. The van der Waals surface area contributed by atoms with Gasteiger partial charge in [0.1, 0.15) is 0 Å². The Kier molecular flexibility index (Phi) is 9.69. The normalized spacial score (nSPS) is 11.6. The Hall–Kier alpha value is -0.751. The van der Waals surface area contributed by atoms with E-state index in [1.165, 1.54) is 65.9 Å². The van der Waals surface area contributed by atoms with Gasteiger partial charge in [-0.3, -0.25) is 0 Å². The van der Waals surface area contributed by atoms with Crippen LogP contribution in [-0.4, -0.2) is 50.1 Å². The van der Waals surface area contributed by atoms with Crippen molar-refractivity contribution in [2.75, 3.05) is 25.2 Å². The molecule has 0 unspecified atom stereocenters. The van der Waals surface area contributed by atoms with E-state index in [1.807, 2.05) is 24.8 Å². The Labute approximate surface area is 160 Å². The predicted octanol–water partition coefficient (Wildman–Crippen LogP) is 5.25. The van der Waals surface area contributed by atoms with E-state index >= 15 is 0 Å². The summed E-state index contributed by atoms with van der Waals surface area (Å²) in [4.78, 5) is 8.30. The summed E-state index contributed by atoms with van der Waals surface area (Å²) >= 11 is 0.852. The van der Waals surface area contributed by atoms with Crippen molar-refractivity contribution in [3.63, 3.8) is 0 Å². The first-order valence-corrected chi connectivity index (χ1v) is 14.6. The van der Waals surface area contributed by atoms with Gasteiger partial charge in [0, 0.05) is 0 Å². The number of nitrogens with zero attached hydrogens (tertiary/aromatic N) is 2. The van der Waals surface area contributed by atoms with Crippen LogP contribution in [0.25, 0.3) is 0 Å². The maximum atomic E-state index is 4.15. The number of hydrogen-bond acceptors (Lipinski definition) is 2. The third-order valence-electron chi connectivity index (χ3n) is 4.80. The molecule has 2 heterocycles. The molecule has 2 rings (SSSR count). The van der Waals surface area contributed by atoms with Gasteiger partial charge >= 0.3 is 161 Å². The summed E-state index contributed by atoms with van der Waals surface area (Å²) in [5, 5.41) is 2.95. The molecular weight excluding hydrogens is 390 g/mol.